The molecule has 0 amide bonds. The Morgan fingerprint density at radius 1 is 0.423 bits per heavy atom. The maximum Gasteiger partial charge on any atom is -0.00201 e. The van der Waals surface area contributed by atoms with Gasteiger partial charge in [-0.15, -0.1) is 0 Å². The van der Waals surface area contributed by atoms with Crippen molar-refractivity contribution < 1.29 is 0 Å². The quantitative estimate of drug-likeness (QED) is 0.358. The van der Waals surface area contributed by atoms with E-state index in [1.165, 1.54) is 68.1 Å². The van der Waals surface area contributed by atoms with Crippen LogP contribution < -0.4 is 0 Å². The van der Waals surface area contributed by atoms with Gasteiger partial charge in [-0.3, -0.25) is 0 Å². The third-order valence-electron chi connectivity index (χ3n) is 5.91. The van der Waals surface area contributed by atoms with E-state index in [2.05, 4.69) is 84.9 Å². The van der Waals surface area contributed by atoms with Crippen LogP contribution in [0.5, 0.6) is 0 Å². The van der Waals surface area contributed by atoms with Crippen molar-refractivity contribution in [3.63, 3.8) is 0 Å². The topological polar surface area (TPSA) is 0 Å². The lowest BCUT2D eigenvalue weighted by molar-refractivity contribution is 1.02. The molecular formula is C26H18. The Hall–Kier alpha value is -3.12. The predicted molar refractivity (Wildman–Crippen MR) is 109 cm³/mol. The van der Waals surface area contributed by atoms with Gasteiger partial charge in [0.2, 0.25) is 0 Å². The van der Waals surface area contributed by atoms with Crippen LogP contribution in [-0.2, 0) is 12.8 Å². The molecule has 0 spiro atoms. The number of benzene rings is 4. The van der Waals surface area contributed by atoms with Crippen LogP contribution >= 0.6 is 0 Å². The smallest absolute Gasteiger partial charge is 0.00201 e. The van der Waals surface area contributed by atoms with E-state index in [0.717, 1.165) is 0 Å². The van der Waals surface area contributed by atoms with E-state index in [0.29, 0.717) is 0 Å². The summed E-state index contributed by atoms with van der Waals surface area (Å²) < 4.78 is 0. The van der Waals surface area contributed by atoms with Gasteiger partial charge in [0.15, 0.2) is 0 Å². The number of rotatable bonds is 2. The Morgan fingerprint density at radius 3 is 1.35 bits per heavy atom. The van der Waals surface area contributed by atoms with Crippen molar-refractivity contribution in [2.24, 2.45) is 0 Å². The van der Waals surface area contributed by atoms with Gasteiger partial charge in [-0.2, -0.15) is 0 Å². The SMILES string of the molecule is c1ccc(C2=C(c3ccccc3)c3ccc4c5c(ccc2c35)CC4)cc1. The molecule has 2 aliphatic rings. The molecule has 0 radical (unpaired) electrons. The minimum absolute atomic E-state index is 1.18. The van der Waals surface area contributed by atoms with Crippen LogP contribution in [0, 0.1) is 0 Å². The average Bonchev–Trinajstić information content (AvgIpc) is 3.27. The third-order valence-corrected chi connectivity index (χ3v) is 5.91. The first-order chi connectivity index (χ1) is 12.9. The molecule has 0 aromatic heterocycles. The van der Waals surface area contributed by atoms with E-state index in [-0.39, 0.29) is 0 Å². The highest BCUT2D eigenvalue weighted by atomic mass is 14.3. The zero-order valence-electron chi connectivity index (χ0n) is 14.5. The summed E-state index contributed by atoms with van der Waals surface area (Å²) in [4.78, 5) is 0. The minimum Gasteiger partial charge on any atom is -0.0622 e. The lowest BCUT2D eigenvalue weighted by Gasteiger charge is -2.11. The van der Waals surface area contributed by atoms with Crippen LogP contribution in [0.15, 0.2) is 84.9 Å². The van der Waals surface area contributed by atoms with Gasteiger partial charge in [0.25, 0.3) is 0 Å². The second-order valence-electron chi connectivity index (χ2n) is 7.28. The third kappa shape index (κ3) is 1.79. The Kier molecular flexibility index (Phi) is 2.81. The Labute approximate surface area is 153 Å². The van der Waals surface area contributed by atoms with Crippen LogP contribution in [0.1, 0.15) is 33.4 Å². The number of hydrogen-bond acceptors (Lipinski definition) is 0. The molecule has 0 saturated carbocycles. The first-order valence-corrected chi connectivity index (χ1v) is 9.35. The van der Waals surface area contributed by atoms with Crippen molar-refractivity contribution in [3.8, 4) is 0 Å². The van der Waals surface area contributed by atoms with Gasteiger partial charge in [-0.05, 0) is 68.1 Å². The molecule has 0 bridgehead atoms. The van der Waals surface area contributed by atoms with E-state index in [9.17, 15) is 0 Å². The monoisotopic (exact) mass is 330 g/mol. The highest BCUT2D eigenvalue weighted by Crippen LogP contribution is 2.50. The molecule has 0 fully saturated rings. The fraction of sp³-hybridized carbons (Fsp3) is 0.0769. The van der Waals surface area contributed by atoms with Gasteiger partial charge in [-0.1, -0.05) is 84.9 Å². The van der Waals surface area contributed by atoms with Crippen molar-refractivity contribution in [2.75, 3.05) is 0 Å². The summed E-state index contributed by atoms with van der Waals surface area (Å²) in [6.07, 6.45) is 2.35. The fourth-order valence-corrected chi connectivity index (χ4v) is 4.82. The van der Waals surface area contributed by atoms with Crippen molar-refractivity contribution in [1.82, 2.24) is 0 Å². The Bertz CT molecular complexity index is 1100. The normalized spacial score (nSPS) is 14.5. The molecule has 122 valence electrons. The second-order valence-corrected chi connectivity index (χ2v) is 7.28. The van der Waals surface area contributed by atoms with Gasteiger partial charge in [0.1, 0.15) is 0 Å². The number of hydrogen-bond donors (Lipinski definition) is 0. The zero-order valence-corrected chi connectivity index (χ0v) is 14.5. The van der Waals surface area contributed by atoms with Crippen LogP contribution in [0.2, 0.25) is 0 Å². The lowest BCUT2D eigenvalue weighted by atomic mass is 9.92. The molecular weight excluding hydrogens is 312 g/mol. The van der Waals surface area contributed by atoms with E-state index >= 15 is 0 Å². The van der Waals surface area contributed by atoms with Crippen molar-refractivity contribution in [3.05, 3.63) is 118 Å². The van der Waals surface area contributed by atoms with Gasteiger partial charge in [0, 0.05) is 0 Å². The standard InChI is InChI=1S/C26H18/c1-3-7-17(8-4-1)24-21-15-13-19-11-12-20-14-16-22(26(21)23(19)20)25(24)18-9-5-2-6-10-18/h1-10,13-16H,11-12H2. The second kappa shape index (κ2) is 5.19. The van der Waals surface area contributed by atoms with Gasteiger partial charge >= 0.3 is 0 Å². The Morgan fingerprint density at radius 2 is 0.885 bits per heavy atom. The first kappa shape index (κ1) is 14.1. The van der Waals surface area contributed by atoms with Gasteiger partial charge < -0.3 is 0 Å². The molecule has 2 aliphatic carbocycles. The minimum atomic E-state index is 1.18. The fourth-order valence-electron chi connectivity index (χ4n) is 4.82. The largest absolute Gasteiger partial charge is 0.0622 e. The highest BCUT2D eigenvalue weighted by Gasteiger charge is 2.29. The van der Waals surface area contributed by atoms with Crippen LogP contribution in [0.3, 0.4) is 0 Å². The van der Waals surface area contributed by atoms with Crippen LogP contribution in [0.25, 0.3) is 21.9 Å². The summed E-state index contributed by atoms with van der Waals surface area (Å²) in [7, 11) is 0. The van der Waals surface area contributed by atoms with Crippen LogP contribution in [0.4, 0.5) is 0 Å². The molecule has 4 aromatic carbocycles. The van der Waals surface area contributed by atoms with Gasteiger partial charge in [0.05, 0.1) is 0 Å². The predicted octanol–water partition coefficient (Wildman–Crippen LogP) is 6.26. The van der Waals surface area contributed by atoms with Crippen molar-refractivity contribution in [2.45, 2.75) is 12.8 Å². The maximum absolute atomic E-state index is 2.36. The molecule has 0 saturated heterocycles. The summed E-state index contributed by atoms with van der Waals surface area (Å²) in [5, 5.41) is 2.98. The Balaban J connectivity index is 1.78. The first-order valence-electron chi connectivity index (χ1n) is 9.35. The molecule has 6 rings (SSSR count). The zero-order chi connectivity index (χ0) is 17.1. The van der Waals surface area contributed by atoms with E-state index < -0.39 is 0 Å². The molecule has 26 heavy (non-hydrogen) atoms. The average molecular weight is 330 g/mol. The maximum atomic E-state index is 2.36. The highest BCUT2D eigenvalue weighted by molar-refractivity contribution is 6.21. The summed E-state index contributed by atoms with van der Waals surface area (Å²) in [6, 6.07) is 31.1. The summed E-state index contributed by atoms with van der Waals surface area (Å²) in [5.74, 6) is 0. The molecule has 0 heterocycles. The molecule has 0 N–H and O–H groups in total. The molecule has 0 aliphatic heterocycles. The molecule has 0 atom stereocenters. The van der Waals surface area contributed by atoms with E-state index in [1.54, 1.807) is 0 Å². The van der Waals surface area contributed by atoms with E-state index in [4.69, 9.17) is 0 Å². The van der Waals surface area contributed by atoms with Crippen molar-refractivity contribution >= 4 is 21.9 Å². The summed E-state index contributed by atoms with van der Waals surface area (Å²) >= 11 is 0. The molecule has 0 nitrogen and oxygen atoms in total. The molecule has 0 heteroatoms. The number of aryl methyl sites for hydroxylation is 2. The lowest BCUT2D eigenvalue weighted by Crippen LogP contribution is -1.90. The summed E-state index contributed by atoms with van der Waals surface area (Å²) in [5.41, 5.74) is 11.2. The van der Waals surface area contributed by atoms with Crippen LogP contribution in [-0.4, -0.2) is 0 Å². The molecule has 4 aromatic rings. The molecule has 0 unspecified atom stereocenters. The van der Waals surface area contributed by atoms with Crippen molar-refractivity contribution in [1.29, 1.82) is 0 Å². The van der Waals surface area contributed by atoms with E-state index in [1.807, 2.05) is 0 Å². The van der Waals surface area contributed by atoms with Gasteiger partial charge in [-0.25, -0.2) is 0 Å². The summed E-state index contributed by atoms with van der Waals surface area (Å²) in [6.45, 7) is 0.